The van der Waals surface area contributed by atoms with Gasteiger partial charge >= 0.3 is 5.97 Å². The largest absolute Gasteiger partial charge is 0.491 e. The zero-order valence-corrected chi connectivity index (χ0v) is 13.1. The number of hydrogen-bond donors (Lipinski definition) is 3. The van der Waals surface area contributed by atoms with Crippen molar-refractivity contribution < 1.29 is 24.1 Å². The fourth-order valence-electron chi connectivity index (χ4n) is 2.49. The normalized spacial score (nSPS) is 11.0. The molecule has 0 spiro atoms. The first-order valence-electron chi connectivity index (χ1n) is 7.08. The molecule has 0 saturated carbocycles. The van der Waals surface area contributed by atoms with Crippen LogP contribution in [0, 0.1) is 5.82 Å². The van der Waals surface area contributed by atoms with Crippen LogP contribution in [-0.4, -0.2) is 34.4 Å². The number of carboxylic acids is 1. The van der Waals surface area contributed by atoms with Crippen molar-refractivity contribution in [3.63, 3.8) is 0 Å². The van der Waals surface area contributed by atoms with Gasteiger partial charge in [0, 0.05) is 34.3 Å². The monoisotopic (exact) mass is 349 g/mol. The van der Waals surface area contributed by atoms with Crippen LogP contribution in [0.3, 0.4) is 0 Å². The maximum absolute atomic E-state index is 14.4. The van der Waals surface area contributed by atoms with E-state index in [1.807, 2.05) is 0 Å². The van der Waals surface area contributed by atoms with Gasteiger partial charge in [-0.25, -0.2) is 9.18 Å². The molecule has 5 nitrogen and oxygen atoms in total. The summed E-state index contributed by atoms with van der Waals surface area (Å²) in [5.74, 6) is -1.35. The van der Waals surface area contributed by atoms with Crippen LogP contribution in [-0.2, 0) is 0 Å². The molecule has 2 aromatic carbocycles. The number of fused-ring (bicyclic) bond motifs is 1. The third-order valence-electron chi connectivity index (χ3n) is 3.59. The Hall–Kier alpha value is -2.57. The first-order valence-corrected chi connectivity index (χ1v) is 7.46. The minimum absolute atomic E-state index is 0.0663. The average Bonchev–Trinajstić information content (AvgIpc) is 2.95. The molecule has 7 heteroatoms. The number of ether oxygens (including phenoxy) is 1. The molecule has 0 radical (unpaired) electrons. The molecule has 0 amide bonds. The van der Waals surface area contributed by atoms with E-state index in [0.717, 1.165) is 0 Å². The van der Waals surface area contributed by atoms with E-state index in [1.54, 1.807) is 18.2 Å². The minimum Gasteiger partial charge on any atom is -0.491 e. The average molecular weight is 350 g/mol. The summed E-state index contributed by atoms with van der Waals surface area (Å²) in [6.45, 7) is -0.103. The van der Waals surface area contributed by atoms with Gasteiger partial charge in [-0.2, -0.15) is 0 Å². The molecule has 0 aliphatic rings. The number of aliphatic hydroxyl groups is 1. The lowest BCUT2D eigenvalue weighted by molar-refractivity contribution is 0.0699. The predicted molar refractivity (Wildman–Crippen MR) is 88.2 cm³/mol. The number of aromatic carboxylic acids is 1. The van der Waals surface area contributed by atoms with Crippen molar-refractivity contribution in [2.24, 2.45) is 0 Å². The second kappa shape index (κ2) is 6.51. The Morgan fingerprint density at radius 1 is 1.25 bits per heavy atom. The van der Waals surface area contributed by atoms with Gasteiger partial charge in [-0.05, 0) is 24.3 Å². The molecule has 0 aliphatic carbocycles. The fourth-order valence-corrected chi connectivity index (χ4v) is 2.76. The van der Waals surface area contributed by atoms with Crippen LogP contribution >= 0.6 is 11.6 Å². The second-order valence-corrected chi connectivity index (χ2v) is 5.51. The van der Waals surface area contributed by atoms with Crippen LogP contribution in [0.4, 0.5) is 4.39 Å². The molecule has 0 atom stereocenters. The van der Waals surface area contributed by atoms with Crippen LogP contribution in [0.25, 0.3) is 22.0 Å². The highest BCUT2D eigenvalue weighted by Gasteiger charge is 2.16. The molecule has 124 valence electrons. The molecule has 1 heterocycles. The van der Waals surface area contributed by atoms with Crippen molar-refractivity contribution in [2.45, 2.75) is 0 Å². The fraction of sp³-hybridized carbons (Fsp3) is 0.118. The number of benzene rings is 2. The van der Waals surface area contributed by atoms with Gasteiger partial charge in [0.1, 0.15) is 18.2 Å². The number of aliphatic hydroxyl groups excluding tert-OH is 1. The number of halogens is 2. The first kappa shape index (κ1) is 16.3. The molecule has 0 aliphatic heterocycles. The Kier molecular flexibility index (Phi) is 4.42. The lowest BCUT2D eigenvalue weighted by Gasteiger charge is -2.10. The van der Waals surface area contributed by atoms with E-state index >= 15 is 0 Å². The predicted octanol–water partition coefficient (Wildman–Crippen LogP) is 3.70. The molecule has 0 bridgehead atoms. The third kappa shape index (κ3) is 2.93. The van der Waals surface area contributed by atoms with E-state index in [9.17, 15) is 14.3 Å². The van der Waals surface area contributed by atoms with E-state index in [-0.39, 0.29) is 30.1 Å². The summed E-state index contributed by atoms with van der Waals surface area (Å²) < 4.78 is 19.6. The summed E-state index contributed by atoms with van der Waals surface area (Å²) in [6.07, 6.45) is 1.37. The van der Waals surface area contributed by atoms with E-state index in [4.69, 9.17) is 21.4 Å². The Morgan fingerprint density at radius 2 is 2.04 bits per heavy atom. The van der Waals surface area contributed by atoms with Crippen molar-refractivity contribution >= 4 is 28.5 Å². The van der Waals surface area contributed by atoms with Crippen molar-refractivity contribution in [3.8, 4) is 16.9 Å². The smallest absolute Gasteiger partial charge is 0.337 e. The summed E-state index contributed by atoms with van der Waals surface area (Å²) in [5, 5.41) is 18.7. The van der Waals surface area contributed by atoms with Gasteiger partial charge < -0.3 is 19.9 Å². The number of rotatable bonds is 5. The van der Waals surface area contributed by atoms with Gasteiger partial charge in [0.15, 0.2) is 0 Å². The number of H-pyrrole nitrogens is 1. The van der Waals surface area contributed by atoms with E-state index in [2.05, 4.69) is 4.98 Å². The Balaban J connectivity index is 2.10. The van der Waals surface area contributed by atoms with Crippen LogP contribution in [0.1, 0.15) is 10.4 Å². The third-order valence-corrected chi connectivity index (χ3v) is 3.90. The maximum Gasteiger partial charge on any atom is 0.337 e. The highest BCUT2D eigenvalue weighted by Crippen LogP contribution is 2.35. The molecule has 3 aromatic rings. The first-order chi connectivity index (χ1) is 11.5. The van der Waals surface area contributed by atoms with Gasteiger partial charge in [-0.15, -0.1) is 0 Å². The summed E-state index contributed by atoms with van der Waals surface area (Å²) >= 11 is 6.22. The Labute approximate surface area is 141 Å². The Bertz CT molecular complexity index is 922. The zero-order chi connectivity index (χ0) is 17.3. The zero-order valence-electron chi connectivity index (χ0n) is 12.3. The molecule has 24 heavy (non-hydrogen) atoms. The molecule has 1 aromatic heterocycles. The molecule has 0 saturated heterocycles. The van der Waals surface area contributed by atoms with Crippen LogP contribution in [0.2, 0.25) is 5.02 Å². The summed E-state index contributed by atoms with van der Waals surface area (Å²) in [5.41, 5.74) is 1.27. The van der Waals surface area contributed by atoms with Crippen molar-refractivity contribution in [2.75, 3.05) is 13.2 Å². The number of aromatic amines is 1. The number of nitrogens with one attached hydrogen (secondary N) is 1. The van der Waals surface area contributed by atoms with Crippen LogP contribution in [0.15, 0.2) is 36.5 Å². The maximum atomic E-state index is 14.4. The van der Waals surface area contributed by atoms with Crippen LogP contribution in [0.5, 0.6) is 5.75 Å². The van der Waals surface area contributed by atoms with E-state index in [1.165, 1.54) is 18.3 Å². The second-order valence-electron chi connectivity index (χ2n) is 5.10. The molecule has 3 rings (SSSR count). The molecule has 0 unspecified atom stereocenters. The van der Waals surface area contributed by atoms with Crippen LogP contribution < -0.4 is 4.74 Å². The quantitative estimate of drug-likeness (QED) is 0.656. The number of carbonyl (C=O) groups is 1. The summed E-state index contributed by atoms with van der Waals surface area (Å²) in [6, 6.07) is 7.37. The van der Waals surface area contributed by atoms with Crippen molar-refractivity contribution in [3.05, 3.63) is 52.9 Å². The van der Waals surface area contributed by atoms with Crippen molar-refractivity contribution in [1.82, 2.24) is 4.98 Å². The topological polar surface area (TPSA) is 82.5 Å². The SMILES string of the molecule is O=C(O)c1c[nH]c2cc(Cl)c(-c3ccc(OCCO)cc3F)cc12. The van der Waals surface area contributed by atoms with Crippen molar-refractivity contribution in [1.29, 1.82) is 0 Å². The Morgan fingerprint density at radius 3 is 2.71 bits per heavy atom. The minimum atomic E-state index is -1.08. The van der Waals surface area contributed by atoms with Gasteiger partial charge in [-0.3, -0.25) is 0 Å². The summed E-state index contributed by atoms with van der Waals surface area (Å²) in [7, 11) is 0. The van der Waals surface area contributed by atoms with E-state index < -0.39 is 11.8 Å². The van der Waals surface area contributed by atoms with E-state index in [0.29, 0.717) is 21.5 Å². The van der Waals surface area contributed by atoms with Gasteiger partial charge in [0.25, 0.3) is 0 Å². The lowest BCUT2D eigenvalue weighted by Crippen LogP contribution is -2.02. The molecular weight excluding hydrogens is 337 g/mol. The standard InChI is InChI=1S/C17H13ClFNO4/c18-14-7-16-12(13(8-20-16)17(22)23)6-11(14)10-2-1-9(5-15(10)19)24-4-3-21/h1-2,5-8,20-21H,3-4H2,(H,22,23). The molecular formula is C17H13ClFNO4. The highest BCUT2D eigenvalue weighted by molar-refractivity contribution is 6.34. The number of hydrogen-bond acceptors (Lipinski definition) is 3. The molecule has 3 N–H and O–H groups in total. The lowest BCUT2D eigenvalue weighted by atomic mass is 10.0. The van der Waals surface area contributed by atoms with Gasteiger partial charge in [0.05, 0.1) is 17.2 Å². The number of carboxylic acid groups (broad SMARTS) is 1. The summed E-state index contributed by atoms with van der Waals surface area (Å²) in [4.78, 5) is 14.1. The van der Waals surface area contributed by atoms with Gasteiger partial charge in [-0.1, -0.05) is 11.6 Å². The highest BCUT2D eigenvalue weighted by atomic mass is 35.5. The number of aromatic nitrogens is 1. The molecule has 0 fully saturated rings. The van der Waals surface area contributed by atoms with Gasteiger partial charge in [0.2, 0.25) is 0 Å².